The highest BCUT2D eigenvalue weighted by atomic mass is 32.2. The van der Waals surface area contributed by atoms with Gasteiger partial charge >= 0.3 is 0 Å². The van der Waals surface area contributed by atoms with Gasteiger partial charge in [-0.1, -0.05) is 13.8 Å². The van der Waals surface area contributed by atoms with Gasteiger partial charge in [-0.25, -0.2) is 4.39 Å². The average Bonchev–Trinajstić information content (AvgIpc) is 2.26. The smallest absolute Gasteiger partial charge is 0.123 e. The number of rotatable bonds is 3. The van der Waals surface area contributed by atoms with Crippen molar-refractivity contribution in [1.29, 1.82) is 0 Å². The predicted molar refractivity (Wildman–Crippen MR) is 67.4 cm³/mol. The largest absolute Gasteiger partial charge is 0.310 e. The molecule has 1 N–H and O–H groups in total. The second kappa shape index (κ2) is 5.19. The first-order valence-electron chi connectivity index (χ1n) is 5.90. The molecule has 1 aliphatic heterocycles. The molecule has 0 aromatic heterocycles. The summed E-state index contributed by atoms with van der Waals surface area (Å²) >= 11 is 1.85. The van der Waals surface area contributed by atoms with Gasteiger partial charge in [0, 0.05) is 16.2 Å². The maximum atomic E-state index is 13.3. The van der Waals surface area contributed by atoms with E-state index in [-0.39, 0.29) is 5.82 Å². The molecule has 2 unspecified atom stereocenters. The van der Waals surface area contributed by atoms with Crippen LogP contribution in [0.3, 0.4) is 0 Å². The molecular weight excluding hydrogens is 221 g/mol. The van der Waals surface area contributed by atoms with Crippen LogP contribution in [0.2, 0.25) is 0 Å². The Hall–Kier alpha value is -0.540. The van der Waals surface area contributed by atoms with Crippen molar-refractivity contribution >= 4 is 11.8 Å². The standard InChI is InChI=1S/C13H18FNS/c1-3-6-15-12-7-9(2)16-13-5-4-10(14)8-11(12)13/h4-5,8-9,12,15H,3,6-7H2,1-2H3. The van der Waals surface area contributed by atoms with Gasteiger partial charge in [-0.05, 0) is 43.1 Å². The highest BCUT2D eigenvalue weighted by Crippen LogP contribution is 2.40. The molecule has 1 aromatic rings. The van der Waals surface area contributed by atoms with E-state index in [1.54, 1.807) is 12.1 Å². The van der Waals surface area contributed by atoms with E-state index in [1.807, 2.05) is 17.8 Å². The third kappa shape index (κ3) is 2.58. The molecule has 1 aliphatic rings. The molecule has 0 aliphatic carbocycles. The lowest BCUT2D eigenvalue weighted by molar-refractivity contribution is 0.481. The van der Waals surface area contributed by atoms with Crippen LogP contribution < -0.4 is 5.32 Å². The fourth-order valence-corrected chi connectivity index (χ4v) is 3.34. The number of hydrogen-bond acceptors (Lipinski definition) is 2. The Morgan fingerprint density at radius 3 is 3.06 bits per heavy atom. The molecule has 16 heavy (non-hydrogen) atoms. The monoisotopic (exact) mass is 239 g/mol. The SMILES string of the molecule is CCCNC1CC(C)Sc2ccc(F)cc21. The highest BCUT2D eigenvalue weighted by molar-refractivity contribution is 8.00. The molecule has 0 spiro atoms. The van der Waals surface area contributed by atoms with E-state index in [2.05, 4.69) is 19.2 Å². The summed E-state index contributed by atoms with van der Waals surface area (Å²) in [5.41, 5.74) is 1.14. The van der Waals surface area contributed by atoms with Gasteiger partial charge in [0.25, 0.3) is 0 Å². The molecular formula is C13H18FNS. The molecule has 1 nitrogen and oxygen atoms in total. The second-order valence-corrected chi connectivity index (χ2v) is 5.83. The van der Waals surface area contributed by atoms with Crippen molar-refractivity contribution in [3.8, 4) is 0 Å². The Bertz CT molecular complexity index is 367. The molecule has 3 heteroatoms. The van der Waals surface area contributed by atoms with E-state index in [9.17, 15) is 4.39 Å². The van der Waals surface area contributed by atoms with E-state index >= 15 is 0 Å². The zero-order chi connectivity index (χ0) is 11.5. The maximum Gasteiger partial charge on any atom is 0.123 e. The minimum atomic E-state index is -0.128. The summed E-state index contributed by atoms with van der Waals surface area (Å²) in [6.07, 6.45) is 2.20. The number of hydrogen-bond donors (Lipinski definition) is 1. The molecule has 1 heterocycles. The first kappa shape index (κ1) is 11.9. The minimum Gasteiger partial charge on any atom is -0.310 e. The second-order valence-electron chi connectivity index (χ2n) is 4.35. The summed E-state index contributed by atoms with van der Waals surface area (Å²) in [6, 6.07) is 5.47. The number of thioether (sulfide) groups is 1. The fourth-order valence-electron chi connectivity index (χ4n) is 2.13. The summed E-state index contributed by atoms with van der Waals surface area (Å²) in [5.74, 6) is -0.128. The molecule has 0 fully saturated rings. The van der Waals surface area contributed by atoms with Gasteiger partial charge in [-0.15, -0.1) is 11.8 Å². The van der Waals surface area contributed by atoms with Crippen molar-refractivity contribution in [2.45, 2.75) is 42.9 Å². The van der Waals surface area contributed by atoms with Crippen molar-refractivity contribution in [3.63, 3.8) is 0 Å². The quantitative estimate of drug-likeness (QED) is 0.862. The molecule has 0 radical (unpaired) electrons. The van der Waals surface area contributed by atoms with Crippen LogP contribution >= 0.6 is 11.8 Å². The third-order valence-electron chi connectivity index (χ3n) is 2.88. The van der Waals surface area contributed by atoms with Crippen LogP contribution in [0, 0.1) is 5.82 Å². The van der Waals surface area contributed by atoms with Gasteiger partial charge in [0.2, 0.25) is 0 Å². The molecule has 0 bridgehead atoms. The Balaban J connectivity index is 2.24. The van der Waals surface area contributed by atoms with Crippen molar-refractivity contribution in [2.75, 3.05) is 6.54 Å². The predicted octanol–water partition coefficient (Wildman–Crippen LogP) is 3.75. The van der Waals surface area contributed by atoms with Crippen LogP contribution in [-0.2, 0) is 0 Å². The molecule has 1 aromatic carbocycles. The number of fused-ring (bicyclic) bond motifs is 1. The van der Waals surface area contributed by atoms with E-state index in [0.717, 1.165) is 24.9 Å². The van der Waals surface area contributed by atoms with Gasteiger partial charge in [-0.3, -0.25) is 0 Å². The van der Waals surface area contributed by atoms with Crippen LogP contribution in [0.25, 0.3) is 0 Å². The van der Waals surface area contributed by atoms with Gasteiger partial charge in [0.1, 0.15) is 5.82 Å². The molecule has 0 saturated carbocycles. The Kier molecular flexibility index (Phi) is 3.87. The Morgan fingerprint density at radius 2 is 2.31 bits per heavy atom. The number of nitrogens with one attached hydrogen (secondary N) is 1. The lowest BCUT2D eigenvalue weighted by Gasteiger charge is -2.30. The summed E-state index contributed by atoms with van der Waals surface area (Å²) in [7, 11) is 0. The Morgan fingerprint density at radius 1 is 1.50 bits per heavy atom. The molecule has 0 saturated heterocycles. The number of halogens is 1. The molecule has 0 amide bonds. The third-order valence-corrected chi connectivity index (χ3v) is 4.10. The minimum absolute atomic E-state index is 0.128. The zero-order valence-electron chi connectivity index (χ0n) is 9.79. The van der Waals surface area contributed by atoms with Gasteiger partial charge in [0.05, 0.1) is 0 Å². The zero-order valence-corrected chi connectivity index (χ0v) is 10.6. The van der Waals surface area contributed by atoms with Crippen LogP contribution in [0.15, 0.2) is 23.1 Å². The average molecular weight is 239 g/mol. The lowest BCUT2D eigenvalue weighted by atomic mass is 10.0. The Labute approximate surface area is 101 Å². The van der Waals surface area contributed by atoms with Gasteiger partial charge in [-0.2, -0.15) is 0 Å². The fraction of sp³-hybridized carbons (Fsp3) is 0.538. The van der Waals surface area contributed by atoms with E-state index < -0.39 is 0 Å². The van der Waals surface area contributed by atoms with Gasteiger partial charge < -0.3 is 5.32 Å². The van der Waals surface area contributed by atoms with E-state index in [1.165, 1.54) is 4.90 Å². The summed E-state index contributed by atoms with van der Waals surface area (Å²) in [4.78, 5) is 1.23. The first-order valence-corrected chi connectivity index (χ1v) is 6.78. The van der Waals surface area contributed by atoms with E-state index in [0.29, 0.717) is 11.3 Å². The summed E-state index contributed by atoms with van der Waals surface area (Å²) < 4.78 is 13.3. The van der Waals surface area contributed by atoms with Crippen molar-refractivity contribution in [3.05, 3.63) is 29.6 Å². The first-order chi connectivity index (χ1) is 7.70. The molecule has 2 rings (SSSR count). The van der Waals surface area contributed by atoms with Crippen LogP contribution in [0.4, 0.5) is 4.39 Å². The van der Waals surface area contributed by atoms with Crippen LogP contribution in [0.5, 0.6) is 0 Å². The normalized spacial score (nSPS) is 24.2. The maximum absolute atomic E-state index is 13.3. The van der Waals surface area contributed by atoms with Crippen LogP contribution in [0.1, 0.15) is 38.3 Å². The van der Waals surface area contributed by atoms with Crippen molar-refractivity contribution < 1.29 is 4.39 Å². The molecule has 2 atom stereocenters. The van der Waals surface area contributed by atoms with Crippen LogP contribution in [-0.4, -0.2) is 11.8 Å². The summed E-state index contributed by atoms with van der Waals surface area (Å²) in [5, 5.41) is 4.11. The van der Waals surface area contributed by atoms with Crippen molar-refractivity contribution in [2.24, 2.45) is 0 Å². The van der Waals surface area contributed by atoms with Crippen molar-refractivity contribution in [1.82, 2.24) is 5.32 Å². The summed E-state index contributed by atoms with van der Waals surface area (Å²) in [6.45, 7) is 5.39. The lowest BCUT2D eigenvalue weighted by Crippen LogP contribution is -2.27. The highest BCUT2D eigenvalue weighted by Gasteiger charge is 2.24. The van der Waals surface area contributed by atoms with E-state index in [4.69, 9.17) is 0 Å². The molecule has 88 valence electrons. The van der Waals surface area contributed by atoms with Gasteiger partial charge in [0.15, 0.2) is 0 Å². The topological polar surface area (TPSA) is 12.0 Å². The number of benzene rings is 1.